The summed E-state index contributed by atoms with van der Waals surface area (Å²) in [4.78, 5) is 4.14. The van der Waals surface area contributed by atoms with Gasteiger partial charge in [-0.15, -0.1) is 0 Å². The molecule has 3 aromatic rings. The monoisotopic (exact) mass is 268 g/mol. The van der Waals surface area contributed by atoms with E-state index in [1.807, 2.05) is 48.7 Å². The molecule has 0 saturated carbocycles. The van der Waals surface area contributed by atoms with Gasteiger partial charge in [-0.05, 0) is 34.7 Å². The molecule has 3 rings (SSSR count). The van der Waals surface area contributed by atoms with E-state index in [1.54, 1.807) is 6.20 Å². The predicted octanol–water partition coefficient (Wildman–Crippen LogP) is 3.94. The Kier molecular flexibility index (Phi) is 3.20. The van der Waals surface area contributed by atoms with Gasteiger partial charge in [0, 0.05) is 22.8 Å². The first kappa shape index (κ1) is 12.2. The molecule has 2 aromatic carbocycles. The highest BCUT2D eigenvalue weighted by Crippen LogP contribution is 2.27. The average Bonchev–Trinajstić information content (AvgIpc) is 2.47. The summed E-state index contributed by atoms with van der Waals surface area (Å²) in [5, 5.41) is 2.96. The fourth-order valence-corrected chi connectivity index (χ4v) is 2.39. The Bertz CT molecular complexity index is 702. The lowest BCUT2D eigenvalue weighted by atomic mass is 9.95. The molecule has 0 radical (unpaired) electrons. The molecular weight excluding hydrogens is 256 g/mol. The van der Waals surface area contributed by atoms with Crippen molar-refractivity contribution >= 4 is 22.4 Å². The van der Waals surface area contributed by atoms with Gasteiger partial charge in [0.2, 0.25) is 0 Å². The molecule has 3 heteroatoms. The number of benzene rings is 2. The number of nitrogens with zero attached hydrogens (tertiary/aromatic N) is 1. The fourth-order valence-electron chi connectivity index (χ4n) is 2.27. The van der Waals surface area contributed by atoms with Gasteiger partial charge in [-0.2, -0.15) is 0 Å². The Hall–Kier alpha value is -1.90. The average molecular weight is 269 g/mol. The first-order valence-corrected chi connectivity index (χ1v) is 6.47. The van der Waals surface area contributed by atoms with Crippen molar-refractivity contribution in [2.75, 3.05) is 0 Å². The Morgan fingerprint density at radius 3 is 2.58 bits per heavy atom. The van der Waals surface area contributed by atoms with Crippen molar-refractivity contribution in [2.24, 2.45) is 5.73 Å². The summed E-state index contributed by atoms with van der Waals surface area (Å²) in [6.07, 6.45) is 3.65. The lowest BCUT2D eigenvalue weighted by Gasteiger charge is -2.15. The molecule has 1 heterocycles. The molecule has 0 aliphatic heterocycles. The van der Waals surface area contributed by atoms with Crippen LogP contribution < -0.4 is 5.73 Å². The SMILES string of the molecule is NC(c1ccc(Cl)cc1)c1cccc2cnccc12. The van der Waals surface area contributed by atoms with Gasteiger partial charge in [0.25, 0.3) is 0 Å². The number of halogens is 1. The minimum absolute atomic E-state index is 0.164. The van der Waals surface area contributed by atoms with Crippen molar-refractivity contribution < 1.29 is 0 Å². The van der Waals surface area contributed by atoms with Gasteiger partial charge >= 0.3 is 0 Å². The van der Waals surface area contributed by atoms with Crippen molar-refractivity contribution in [3.8, 4) is 0 Å². The first-order valence-electron chi connectivity index (χ1n) is 6.09. The first-order chi connectivity index (χ1) is 9.25. The van der Waals surface area contributed by atoms with E-state index in [1.165, 1.54) is 0 Å². The van der Waals surface area contributed by atoms with Crippen LogP contribution in [0.5, 0.6) is 0 Å². The van der Waals surface area contributed by atoms with E-state index in [9.17, 15) is 0 Å². The van der Waals surface area contributed by atoms with Crippen molar-refractivity contribution in [3.05, 3.63) is 77.1 Å². The maximum atomic E-state index is 6.37. The van der Waals surface area contributed by atoms with E-state index in [2.05, 4.69) is 11.1 Å². The maximum Gasteiger partial charge on any atom is 0.0557 e. The largest absolute Gasteiger partial charge is 0.320 e. The minimum atomic E-state index is -0.164. The summed E-state index contributed by atoms with van der Waals surface area (Å²) in [5.41, 5.74) is 8.52. The van der Waals surface area contributed by atoms with Crippen LogP contribution in [0.1, 0.15) is 17.2 Å². The third-order valence-corrected chi connectivity index (χ3v) is 3.53. The molecule has 0 fully saturated rings. The van der Waals surface area contributed by atoms with Crippen LogP contribution in [0.15, 0.2) is 60.9 Å². The third kappa shape index (κ3) is 2.33. The highest BCUT2D eigenvalue weighted by molar-refractivity contribution is 6.30. The van der Waals surface area contributed by atoms with Crippen LogP contribution in [0.25, 0.3) is 10.8 Å². The lowest BCUT2D eigenvalue weighted by molar-refractivity contribution is 0.880. The van der Waals surface area contributed by atoms with Crippen molar-refractivity contribution in [1.29, 1.82) is 0 Å². The van der Waals surface area contributed by atoms with Crippen LogP contribution in [-0.2, 0) is 0 Å². The maximum absolute atomic E-state index is 6.37. The second-order valence-corrected chi connectivity index (χ2v) is 4.91. The zero-order valence-electron chi connectivity index (χ0n) is 10.3. The van der Waals surface area contributed by atoms with Gasteiger partial charge in [0.15, 0.2) is 0 Å². The van der Waals surface area contributed by atoms with Crippen LogP contribution in [0.2, 0.25) is 5.02 Å². The molecule has 0 bridgehead atoms. The van der Waals surface area contributed by atoms with Crippen LogP contribution in [0, 0.1) is 0 Å². The standard InChI is InChI=1S/C16H13ClN2/c17-13-6-4-11(5-7-13)16(18)15-3-1-2-12-10-19-9-8-14(12)15/h1-10,16H,18H2. The Labute approximate surface area is 116 Å². The van der Waals surface area contributed by atoms with E-state index in [0.717, 1.165) is 26.9 Å². The smallest absolute Gasteiger partial charge is 0.0557 e. The highest BCUT2D eigenvalue weighted by atomic mass is 35.5. The van der Waals surface area contributed by atoms with Crippen LogP contribution in [0.4, 0.5) is 0 Å². The molecule has 1 unspecified atom stereocenters. The van der Waals surface area contributed by atoms with Crippen molar-refractivity contribution in [2.45, 2.75) is 6.04 Å². The summed E-state index contributed by atoms with van der Waals surface area (Å²) < 4.78 is 0. The molecule has 0 aliphatic carbocycles. The Morgan fingerprint density at radius 1 is 1.00 bits per heavy atom. The zero-order valence-corrected chi connectivity index (χ0v) is 11.0. The molecule has 19 heavy (non-hydrogen) atoms. The van der Waals surface area contributed by atoms with E-state index in [0.29, 0.717) is 0 Å². The van der Waals surface area contributed by atoms with Gasteiger partial charge in [-0.25, -0.2) is 0 Å². The third-order valence-electron chi connectivity index (χ3n) is 3.28. The molecule has 0 saturated heterocycles. The van der Waals surface area contributed by atoms with Crippen LogP contribution in [-0.4, -0.2) is 4.98 Å². The minimum Gasteiger partial charge on any atom is -0.320 e. The topological polar surface area (TPSA) is 38.9 Å². The number of rotatable bonds is 2. The molecule has 0 aliphatic rings. The highest BCUT2D eigenvalue weighted by Gasteiger charge is 2.11. The number of pyridine rings is 1. The zero-order chi connectivity index (χ0) is 13.2. The summed E-state index contributed by atoms with van der Waals surface area (Å²) in [5.74, 6) is 0. The lowest BCUT2D eigenvalue weighted by Crippen LogP contribution is -2.12. The van der Waals surface area contributed by atoms with Crippen molar-refractivity contribution in [1.82, 2.24) is 4.98 Å². The van der Waals surface area contributed by atoms with Gasteiger partial charge in [-0.3, -0.25) is 4.98 Å². The van der Waals surface area contributed by atoms with E-state index in [4.69, 9.17) is 17.3 Å². The molecule has 1 atom stereocenters. The number of hydrogen-bond donors (Lipinski definition) is 1. The second-order valence-electron chi connectivity index (χ2n) is 4.47. The number of fused-ring (bicyclic) bond motifs is 1. The summed E-state index contributed by atoms with van der Waals surface area (Å²) >= 11 is 5.91. The van der Waals surface area contributed by atoms with E-state index in [-0.39, 0.29) is 6.04 Å². The van der Waals surface area contributed by atoms with Gasteiger partial charge in [-0.1, -0.05) is 41.9 Å². The molecule has 2 N–H and O–H groups in total. The van der Waals surface area contributed by atoms with Gasteiger partial charge in [0.05, 0.1) is 6.04 Å². The normalized spacial score (nSPS) is 12.5. The Balaban J connectivity index is 2.11. The summed E-state index contributed by atoms with van der Waals surface area (Å²) in [7, 11) is 0. The molecule has 2 nitrogen and oxygen atoms in total. The molecule has 94 valence electrons. The van der Waals surface area contributed by atoms with Crippen LogP contribution in [0.3, 0.4) is 0 Å². The number of hydrogen-bond acceptors (Lipinski definition) is 2. The molecule has 0 amide bonds. The number of aromatic nitrogens is 1. The van der Waals surface area contributed by atoms with Gasteiger partial charge in [0.1, 0.15) is 0 Å². The van der Waals surface area contributed by atoms with E-state index >= 15 is 0 Å². The predicted molar refractivity (Wildman–Crippen MR) is 79.2 cm³/mol. The summed E-state index contributed by atoms with van der Waals surface area (Å²) in [6.45, 7) is 0. The number of nitrogens with two attached hydrogens (primary N) is 1. The second kappa shape index (κ2) is 5.00. The Morgan fingerprint density at radius 2 is 1.79 bits per heavy atom. The van der Waals surface area contributed by atoms with E-state index < -0.39 is 0 Å². The van der Waals surface area contributed by atoms with Crippen LogP contribution >= 0.6 is 11.6 Å². The molecular formula is C16H13ClN2. The quantitative estimate of drug-likeness (QED) is 0.765. The fraction of sp³-hybridized carbons (Fsp3) is 0.0625. The summed E-state index contributed by atoms with van der Waals surface area (Å²) in [6, 6.07) is 15.6. The van der Waals surface area contributed by atoms with Crippen molar-refractivity contribution in [3.63, 3.8) is 0 Å². The molecule has 1 aromatic heterocycles. The van der Waals surface area contributed by atoms with Gasteiger partial charge < -0.3 is 5.73 Å². The molecule has 0 spiro atoms.